The number of hydrogen-bond donors (Lipinski definition) is 1. The van der Waals surface area contributed by atoms with Crippen LogP contribution in [0.1, 0.15) is 52.5 Å². The van der Waals surface area contributed by atoms with E-state index in [1.165, 1.54) is 0 Å². The molecule has 0 aliphatic rings. The van der Waals surface area contributed by atoms with Crippen molar-refractivity contribution in [1.82, 2.24) is 9.55 Å². The van der Waals surface area contributed by atoms with Crippen LogP contribution >= 0.6 is 0 Å². The van der Waals surface area contributed by atoms with E-state index in [4.69, 9.17) is 4.74 Å². The van der Waals surface area contributed by atoms with Crippen LogP contribution in [0.15, 0.2) is 12.4 Å². The molecule has 0 saturated heterocycles. The van der Waals surface area contributed by atoms with Crippen molar-refractivity contribution < 1.29 is 9.84 Å². The molecule has 0 fully saturated rings. The molecule has 4 heteroatoms. The summed E-state index contributed by atoms with van der Waals surface area (Å²) in [5, 5.41) is 10.3. The molecule has 1 heterocycles. The Bertz CT molecular complexity index is 332. The molecule has 4 nitrogen and oxygen atoms in total. The molecule has 0 saturated carbocycles. The van der Waals surface area contributed by atoms with Crippen LogP contribution in [0.2, 0.25) is 0 Å². The van der Waals surface area contributed by atoms with Crippen LogP contribution in [0.25, 0.3) is 0 Å². The first kappa shape index (κ1) is 14.2. The van der Waals surface area contributed by atoms with Crippen molar-refractivity contribution in [2.75, 3.05) is 6.61 Å². The van der Waals surface area contributed by atoms with Gasteiger partial charge >= 0.3 is 0 Å². The van der Waals surface area contributed by atoms with Gasteiger partial charge in [-0.25, -0.2) is 4.98 Å². The Morgan fingerprint density at radius 2 is 2.06 bits per heavy atom. The van der Waals surface area contributed by atoms with Crippen LogP contribution in [0.3, 0.4) is 0 Å². The Labute approximate surface area is 104 Å². The summed E-state index contributed by atoms with van der Waals surface area (Å²) in [6.45, 7) is 9.21. The minimum Gasteiger partial charge on any atom is -0.388 e. The van der Waals surface area contributed by atoms with Gasteiger partial charge in [0.05, 0.1) is 12.1 Å². The number of rotatable bonds is 7. The molecular formula is C13H24N2O2. The van der Waals surface area contributed by atoms with Crippen LogP contribution in [0, 0.1) is 0 Å². The van der Waals surface area contributed by atoms with Gasteiger partial charge in [0.2, 0.25) is 0 Å². The average molecular weight is 240 g/mol. The van der Waals surface area contributed by atoms with Gasteiger partial charge in [0.25, 0.3) is 0 Å². The van der Waals surface area contributed by atoms with Crippen molar-refractivity contribution in [3.8, 4) is 0 Å². The van der Waals surface area contributed by atoms with Crippen molar-refractivity contribution in [2.24, 2.45) is 0 Å². The van der Waals surface area contributed by atoms with Crippen LogP contribution in [-0.2, 0) is 11.3 Å². The van der Waals surface area contributed by atoms with Gasteiger partial charge < -0.3 is 14.4 Å². The largest absolute Gasteiger partial charge is 0.388 e. The van der Waals surface area contributed by atoms with Gasteiger partial charge in [-0.1, -0.05) is 13.8 Å². The number of imidazole rings is 1. The molecule has 0 aromatic carbocycles. The number of aromatic nitrogens is 2. The summed E-state index contributed by atoms with van der Waals surface area (Å²) >= 11 is 0. The molecule has 1 rings (SSSR count). The van der Waals surface area contributed by atoms with E-state index in [9.17, 15) is 5.11 Å². The lowest BCUT2D eigenvalue weighted by molar-refractivity contribution is 0.00961. The minimum absolute atomic E-state index is 0.0343. The Morgan fingerprint density at radius 1 is 1.41 bits per heavy atom. The van der Waals surface area contributed by atoms with Crippen LogP contribution in [0.5, 0.6) is 0 Å². The smallest absolute Gasteiger partial charge is 0.137 e. The summed E-state index contributed by atoms with van der Waals surface area (Å²) in [4.78, 5) is 4.31. The van der Waals surface area contributed by atoms with E-state index in [0.29, 0.717) is 13.2 Å². The Hall–Kier alpha value is -0.870. The Balaban J connectivity index is 2.81. The van der Waals surface area contributed by atoms with Gasteiger partial charge in [-0.3, -0.25) is 0 Å². The number of hydrogen-bond acceptors (Lipinski definition) is 3. The maximum Gasteiger partial charge on any atom is 0.137 e. The van der Waals surface area contributed by atoms with Gasteiger partial charge in [-0.2, -0.15) is 0 Å². The van der Waals surface area contributed by atoms with E-state index in [1.54, 1.807) is 6.20 Å². The van der Waals surface area contributed by atoms with Crippen molar-refractivity contribution in [1.29, 1.82) is 0 Å². The monoisotopic (exact) mass is 240 g/mol. The number of nitrogens with zero attached hydrogens (tertiary/aromatic N) is 2. The third-order valence-corrected chi connectivity index (χ3v) is 3.31. The summed E-state index contributed by atoms with van der Waals surface area (Å²) in [5.74, 6) is 0.882. The normalized spacial score (nSPS) is 13.9. The fourth-order valence-corrected chi connectivity index (χ4v) is 1.93. The highest BCUT2D eigenvalue weighted by Crippen LogP contribution is 2.21. The first-order valence-corrected chi connectivity index (χ1v) is 6.41. The molecule has 17 heavy (non-hydrogen) atoms. The van der Waals surface area contributed by atoms with Crippen LogP contribution < -0.4 is 0 Å². The Morgan fingerprint density at radius 3 is 2.59 bits per heavy atom. The fourth-order valence-electron chi connectivity index (χ4n) is 1.93. The van der Waals surface area contributed by atoms with Crippen LogP contribution in [0.4, 0.5) is 0 Å². The lowest BCUT2D eigenvalue weighted by Gasteiger charge is -2.27. The molecule has 1 N–H and O–H groups in total. The average Bonchev–Trinajstić information content (AvgIpc) is 2.77. The predicted octanol–water partition coefficient (Wildman–Crippen LogP) is 2.53. The van der Waals surface area contributed by atoms with Gasteiger partial charge in [0, 0.05) is 19.0 Å². The van der Waals surface area contributed by atoms with Crippen LogP contribution in [-0.4, -0.2) is 26.9 Å². The highest BCUT2D eigenvalue weighted by atomic mass is 16.5. The zero-order valence-electron chi connectivity index (χ0n) is 11.3. The lowest BCUT2D eigenvalue weighted by atomic mass is 9.97. The lowest BCUT2D eigenvalue weighted by Crippen LogP contribution is -2.33. The quantitative estimate of drug-likeness (QED) is 0.796. The molecule has 0 aliphatic heterocycles. The van der Waals surface area contributed by atoms with E-state index in [0.717, 1.165) is 18.7 Å². The minimum atomic E-state index is -0.651. The van der Waals surface area contributed by atoms with Crippen molar-refractivity contribution in [3.63, 3.8) is 0 Å². The van der Waals surface area contributed by atoms with Gasteiger partial charge in [-0.05, 0) is 26.7 Å². The van der Waals surface area contributed by atoms with E-state index in [1.807, 2.05) is 38.5 Å². The van der Waals surface area contributed by atoms with E-state index >= 15 is 0 Å². The fraction of sp³-hybridized carbons (Fsp3) is 0.769. The molecule has 98 valence electrons. The first-order chi connectivity index (χ1) is 8.06. The molecule has 1 aromatic heterocycles. The topological polar surface area (TPSA) is 47.3 Å². The van der Waals surface area contributed by atoms with Gasteiger partial charge in [0.1, 0.15) is 11.9 Å². The number of ether oxygens (including phenoxy) is 1. The maximum atomic E-state index is 10.3. The second kappa shape index (κ2) is 6.17. The summed E-state index contributed by atoms with van der Waals surface area (Å²) < 4.78 is 7.54. The summed E-state index contributed by atoms with van der Waals surface area (Å²) in [5.41, 5.74) is -0.651. The zero-order valence-corrected chi connectivity index (χ0v) is 11.3. The predicted molar refractivity (Wildman–Crippen MR) is 67.8 cm³/mol. The second-order valence-electron chi connectivity index (χ2n) is 4.44. The molecule has 1 unspecified atom stereocenters. The molecule has 1 atom stereocenters. The zero-order chi connectivity index (χ0) is 12.9. The molecule has 0 bridgehead atoms. The molecule has 0 spiro atoms. The summed E-state index contributed by atoms with van der Waals surface area (Å²) in [6.07, 6.45) is 5.11. The third kappa shape index (κ3) is 3.54. The summed E-state index contributed by atoms with van der Waals surface area (Å²) in [6, 6.07) is 0. The Kier molecular flexibility index (Phi) is 5.15. The molecular weight excluding hydrogens is 216 g/mol. The molecule has 1 aromatic rings. The van der Waals surface area contributed by atoms with Crippen molar-refractivity contribution in [2.45, 2.75) is 58.8 Å². The van der Waals surface area contributed by atoms with Gasteiger partial charge in [0.15, 0.2) is 0 Å². The standard InChI is InChI=1S/C13H24N2O2/c1-5-13(16,6-2)10-15-9-8-14-12(15)11(4)17-7-3/h8-9,11,16H,5-7,10H2,1-4H3. The van der Waals surface area contributed by atoms with E-state index in [-0.39, 0.29) is 6.10 Å². The van der Waals surface area contributed by atoms with E-state index < -0.39 is 5.60 Å². The third-order valence-electron chi connectivity index (χ3n) is 3.31. The molecule has 0 radical (unpaired) electrons. The summed E-state index contributed by atoms with van der Waals surface area (Å²) in [7, 11) is 0. The van der Waals surface area contributed by atoms with E-state index in [2.05, 4.69) is 4.98 Å². The maximum absolute atomic E-state index is 10.3. The molecule has 0 aliphatic carbocycles. The number of aliphatic hydroxyl groups is 1. The second-order valence-corrected chi connectivity index (χ2v) is 4.44. The highest BCUT2D eigenvalue weighted by molar-refractivity contribution is 4.97. The molecule has 0 amide bonds. The highest BCUT2D eigenvalue weighted by Gasteiger charge is 2.24. The van der Waals surface area contributed by atoms with Crippen molar-refractivity contribution in [3.05, 3.63) is 18.2 Å². The van der Waals surface area contributed by atoms with Crippen molar-refractivity contribution >= 4 is 0 Å². The first-order valence-electron chi connectivity index (χ1n) is 6.41. The SMILES string of the molecule is CCOC(C)c1nccn1CC(O)(CC)CC. The van der Waals surface area contributed by atoms with Gasteiger partial charge in [-0.15, -0.1) is 0 Å².